The monoisotopic (exact) mass is 286 g/mol. The van der Waals surface area contributed by atoms with E-state index in [1.807, 2.05) is 32.0 Å². The molecule has 0 aromatic heterocycles. The van der Waals surface area contributed by atoms with E-state index in [9.17, 15) is 9.90 Å². The Kier molecular flexibility index (Phi) is 4.48. The van der Waals surface area contributed by atoms with Gasteiger partial charge < -0.3 is 14.6 Å². The molecule has 110 valence electrons. The standard InChI is InChI=1S/C17H18O4/c1-4-21-16-8-6-12(17(18)19)10-14(16)13-9-11(2)5-7-15(13)20-3/h5-10H,4H2,1-3H3,(H,18,19). The predicted molar refractivity (Wildman–Crippen MR) is 81.3 cm³/mol. The minimum atomic E-state index is -0.967. The Labute approximate surface area is 123 Å². The number of hydrogen-bond acceptors (Lipinski definition) is 3. The molecule has 0 fully saturated rings. The van der Waals surface area contributed by atoms with Gasteiger partial charge in [-0.15, -0.1) is 0 Å². The molecule has 0 saturated heterocycles. The lowest BCUT2D eigenvalue weighted by Gasteiger charge is -2.15. The van der Waals surface area contributed by atoms with Crippen LogP contribution < -0.4 is 9.47 Å². The van der Waals surface area contributed by atoms with Gasteiger partial charge in [-0.3, -0.25) is 0 Å². The number of methoxy groups -OCH3 is 1. The van der Waals surface area contributed by atoms with Crippen LogP contribution in [0.4, 0.5) is 0 Å². The van der Waals surface area contributed by atoms with Gasteiger partial charge in [0.05, 0.1) is 19.3 Å². The van der Waals surface area contributed by atoms with Crippen LogP contribution in [0.15, 0.2) is 36.4 Å². The highest BCUT2D eigenvalue weighted by atomic mass is 16.5. The second kappa shape index (κ2) is 6.31. The number of carbonyl (C=O) groups is 1. The molecule has 0 bridgehead atoms. The molecule has 0 aliphatic carbocycles. The van der Waals surface area contributed by atoms with Crippen molar-refractivity contribution in [1.82, 2.24) is 0 Å². The Morgan fingerprint density at radius 2 is 1.76 bits per heavy atom. The van der Waals surface area contributed by atoms with Crippen molar-refractivity contribution in [2.75, 3.05) is 13.7 Å². The van der Waals surface area contributed by atoms with Crippen LogP contribution in [0.1, 0.15) is 22.8 Å². The molecule has 0 aliphatic heterocycles. The Hall–Kier alpha value is -2.49. The zero-order valence-electron chi connectivity index (χ0n) is 12.3. The van der Waals surface area contributed by atoms with E-state index in [0.29, 0.717) is 18.1 Å². The van der Waals surface area contributed by atoms with E-state index in [0.717, 1.165) is 16.7 Å². The average Bonchev–Trinajstić information content (AvgIpc) is 2.47. The summed E-state index contributed by atoms with van der Waals surface area (Å²) in [5.41, 5.74) is 2.83. The van der Waals surface area contributed by atoms with Crippen LogP contribution in [0.3, 0.4) is 0 Å². The number of carboxylic acids is 1. The SMILES string of the molecule is CCOc1ccc(C(=O)O)cc1-c1cc(C)ccc1OC. The van der Waals surface area contributed by atoms with E-state index in [1.165, 1.54) is 0 Å². The molecule has 0 spiro atoms. The highest BCUT2D eigenvalue weighted by Crippen LogP contribution is 2.37. The highest BCUT2D eigenvalue weighted by Gasteiger charge is 2.15. The van der Waals surface area contributed by atoms with Crippen LogP contribution in [0.5, 0.6) is 11.5 Å². The van der Waals surface area contributed by atoms with Crippen molar-refractivity contribution in [3.63, 3.8) is 0 Å². The zero-order chi connectivity index (χ0) is 15.4. The number of ether oxygens (including phenoxy) is 2. The zero-order valence-corrected chi connectivity index (χ0v) is 12.3. The van der Waals surface area contributed by atoms with Crippen LogP contribution in [-0.2, 0) is 0 Å². The van der Waals surface area contributed by atoms with Gasteiger partial charge >= 0.3 is 5.97 Å². The number of benzene rings is 2. The number of hydrogen-bond donors (Lipinski definition) is 1. The summed E-state index contributed by atoms with van der Waals surface area (Å²) in [6, 6.07) is 10.6. The van der Waals surface area contributed by atoms with Crippen molar-refractivity contribution in [2.24, 2.45) is 0 Å². The molecule has 2 rings (SSSR count). The van der Waals surface area contributed by atoms with Gasteiger partial charge in [-0.25, -0.2) is 4.79 Å². The van der Waals surface area contributed by atoms with Gasteiger partial charge in [-0.2, -0.15) is 0 Å². The highest BCUT2D eigenvalue weighted by molar-refractivity contribution is 5.91. The minimum absolute atomic E-state index is 0.219. The van der Waals surface area contributed by atoms with Gasteiger partial charge in [0.1, 0.15) is 11.5 Å². The number of rotatable bonds is 5. The predicted octanol–water partition coefficient (Wildman–Crippen LogP) is 3.77. The molecule has 1 N–H and O–H groups in total. The summed E-state index contributed by atoms with van der Waals surface area (Å²) in [5, 5.41) is 9.19. The average molecular weight is 286 g/mol. The summed E-state index contributed by atoms with van der Waals surface area (Å²) >= 11 is 0. The first-order chi connectivity index (χ1) is 10.1. The van der Waals surface area contributed by atoms with Gasteiger partial charge in [-0.05, 0) is 44.2 Å². The third kappa shape index (κ3) is 3.16. The molecule has 0 saturated carbocycles. The van der Waals surface area contributed by atoms with Crippen molar-refractivity contribution in [2.45, 2.75) is 13.8 Å². The van der Waals surface area contributed by atoms with E-state index in [-0.39, 0.29) is 5.56 Å². The van der Waals surface area contributed by atoms with Gasteiger partial charge in [0, 0.05) is 11.1 Å². The number of aromatic carboxylic acids is 1. The van der Waals surface area contributed by atoms with Crippen LogP contribution in [0.2, 0.25) is 0 Å². The van der Waals surface area contributed by atoms with Crippen LogP contribution in [-0.4, -0.2) is 24.8 Å². The fourth-order valence-electron chi connectivity index (χ4n) is 2.19. The second-order valence-corrected chi connectivity index (χ2v) is 4.65. The summed E-state index contributed by atoms with van der Waals surface area (Å²) in [5.74, 6) is 0.362. The van der Waals surface area contributed by atoms with Gasteiger partial charge in [0.2, 0.25) is 0 Å². The first kappa shape index (κ1) is 14.9. The van der Waals surface area contributed by atoms with Crippen molar-refractivity contribution < 1.29 is 19.4 Å². The maximum absolute atomic E-state index is 11.2. The van der Waals surface area contributed by atoms with Crippen LogP contribution >= 0.6 is 0 Å². The quantitative estimate of drug-likeness (QED) is 0.909. The smallest absolute Gasteiger partial charge is 0.335 e. The molecule has 2 aromatic carbocycles. The van der Waals surface area contributed by atoms with Crippen molar-refractivity contribution >= 4 is 5.97 Å². The lowest BCUT2D eigenvalue weighted by Crippen LogP contribution is -2.00. The maximum Gasteiger partial charge on any atom is 0.335 e. The van der Waals surface area contributed by atoms with Crippen LogP contribution in [0.25, 0.3) is 11.1 Å². The molecule has 4 nitrogen and oxygen atoms in total. The molecular formula is C17H18O4. The largest absolute Gasteiger partial charge is 0.496 e. The molecular weight excluding hydrogens is 268 g/mol. The summed E-state index contributed by atoms with van der Waals surface area (Å²) in [6.45, 7) is 4.38. The summed E-state index contributed by atoms with van der Waals surface area (Å²) < 4.78 is 11.0. The Morgan fingerprint density at radius 1 is 1.10 bits per heavy atom. The van der Waals surface area contributed by atoms with Crippen LogP contribution in [0, 0.1) is 6.92 Å². The summed E-state index contributed by atoms with van der Waals surface area (Å²) in [4.78, 5) is 11.2. The number of aryl methyl sites for hydroxylation is 1. The summed E-state index contributed by atoms with van der Waals surface area (Å²) in [6.07, 6.45) is 0. The molecule has 0 radical (unpaired) electrons. The van der Waals surface area contributed by atoms with E-state index in [4.69, 9.17) is 9.47 Å². The van der Waals surface area contributed by atoms with Crippen molar-refractivity contribution in [3.05, 3.63) is 47.5 Å². The van der Waals surface area contributed by atoms with Gasteiger partial charge in [0.15, 0.2) is 0 Å². The first-order valence-corrected chi connectivity index (χ1v) is 6.72. The number of carboxylic acid groups (broad SMARTS) is 1. The van der Waals surface area contributed by atoms with Crippen molar-refractivity contribution in [1.29, 1.82) is 0 Å². The molecule has 4 heteroatoms. The lowest BCUT2D eigenvalue weighted by molar-refractivity contribution is 0.0697. The molecule has 2 aromatic rings. The van der Waals surface area contributed by atoms with E-state index in [2.05, 4.69) is 0 Å². The van der Waals surface area contributed by atoms with Crippen molar-refractivity contribution in [3.8, 4) is 22.6 Å². The lowest BCUT2D eigenvalue weighted by atomic mass is 9.99. The van der Waals surface area contributed by atoms with Gasteiger partial charge in [0.25, 0.3) is 0 Å². The maximum atomic E-state index is 11.2. The normalized spacial score (nSPS) is 10.2. The summed E-state index contributed by atoms with van der Waals surface area (Å²) in [7, 11) is 1.59. The van der Waals surface area contributed by atoms with Gasteiger partial charge in [-0.1, -0.05) is 11.6 Å². The second-order valence-electron chi connectivity index (χ2n) is 4.65. The molecule has 0 heterocycles. The van der Waals surface area contributed by atoms with E-state index >= 15 is 0 Å². The Balaban J connectivity index is 2.67. The molecule has 0 unspecified atom stereocenters. The molecule has 0 atom stereocenters. The fraction of sp³-hybridized carbons (Fsp3) is 0.235. The Bertz CT molecular complexity index is 662. The first-order valence-electron chi connectivity index (χ1n) is 6.72. The van der Waals surface area contributed by atoms with E-state index < -0.39 is 5.97 Å². The minimum Gasteiger partial charge on any atom is -0.496 e. The van der Waals surface area contributed by atoms with E-state index in [1.54, 1.807) is 25.3 Å². The Morgan fingerprint density at radius 3 is 2.38 bits per heavy atom. The molecule has 21 heavy (non-hydrogen) atoms. The molecule has 0 amide bonds. The third-order valence-electron chi connectivity index (χ3n) is 3.17. The topological polar surface area (TPSA) is 55.8 Å². The fourth-order valence-corrected chi connectivity index (χ4v) is 2.19. The third-order valence-corrected chi connectivity index (χ3v) is 3.17. The molecule has 0 aliphatic rings.